The van der Waals surface area contributed by atoms with Gasteiger partial charge < -0.3 is 5.32 Å². The zero-order valence-electron chi connectivity index (χ0n) is 18.2. The van der Waals surface area contributed by atoms with Gasteiger partial charge in [0.2, 0.25) is 5.91 Å². The number of fused-ring (bicyclic) bond motifs is 2. The lowest BCUT2D eigenvalue weighted by Crippen LogP contribution is -2.26. The molecule has 0 unspecified atom stereocenters. The first-order valence-corrected chi connectivity index (χ1v) is 13.3. The highest BCUT2D eigenvalue weighted by atomic mass is 32.2. The Bertz CT molecular complexity index is 1400. The number of carbonyl (C=O) groups is 1. The number of anilines is 1. The molecule has 1 aliphatic heterocycles. The molecule has 1 amide bonds. The molecule has 0 spiro atoms. The number of carbonyl (C=O) groups excluding carboxylic acids is 1. The van der Waals surface area contributed by atoms with Gasteiger partial charge in [-0.3, -0.25) is 14.2 Å². The summed E-state index contributed by atoms with van der Waals surface area (Å²) in [5.41, 5.74) is 3.87. The third-order valence-corrected chi connectivity index (χ3v) is 8.39. The Morgan fingerprint density at radius 1 is 1.21 bits per heavy atom. The van der Waals surface area contributed by atoms with E-state index in [9.17, 15) is 9.59 Å². The lowest BCUT2D eigenvalue weighted by molar-refractivity contribution is -0.113. The van der Waals surface area contributed by atoms with Crippen molar-refractivity contribution in [3.63, 3.8) is 0 Å². The van der Waals surface area contributed by atoms with E-state index in [1.54, 1.807) is 16.3 Å². The van der Waals surface area contributed by atoms with Gasteiger partial charge in [-0.25, -0.2) is 9.97 Å². The molecule has 0 saturated carbocycles. The Balaban J connectivity index is 1.36. The number of hydrogen-bond donors (Lipinski definition) is 1. The van der Waals surface area contributed by atoms with Crippen LogP contribution in [0.4, 0.5) is 5.13 Å². The van der Waals surface area contributed by atoms with E-state index in [0.29, 0.717) is 22.1 Å². The number of thiazole rings is 1. The molecule has 0 bridgehead atoms. The van der Waals surface area contributed by atoms with E-state index < -0.39 is 0 Å². The maximum absolute atomic E-state index is 13.3. The van der Waals surface area contributed by atoms with Crippen molar-refractivity contribution in [1.29, 1.82) is 0 Å². The van der Waals surface area contributed by atoms with E-state index >= 15 is 0 Å². The lowest BCUT2D eigenvalue weighted by atomic mass is 10.2. The Hall–Kier alpha value is -2.62. The van der Waals surface area contributed by atoms with Crippen LogP contribution in [0.5, 0.6) is 0 Å². The minimum atomic E-state index is -0.167. The predicted molar refractivity (Wildman–Crippen MR) is 137 cm³/mol. The molecule has 0 radical (unpaired) electrons. The van der Waals surface area contributed by atoms with E-state index in [2.05, 4.69) is 23.3 Å². The molecule has 1 aliphatic rings. The van der Waals surface area contributed by atoms with Crippen LogP contribution in [0.15, 0.2) is 63.4 Å². The summed E-state index contributed by atoms with van der Waals surface area (Å²) in [6.45, 7) is 4.56. The van der Waals surface area contributed by atoms with Gasteiger partial charge in [-0.1, -0.05) is 66.4 Å². The third-order valence-electron chi connectivity index (χ3n) is 5.27. The van der Waals surface area contributed by atoms with Crippen LogP contribution >= 0.6 is 34.9 Å². The summed E-state index contributed by atoms with van der Waals surface area (Å²) in [7, 11) is 0. The molecule has 2 aromatic carbocycles. The number of aryl methyl sites for hydroxylation is 1. The van der Waals surface area contributed by atoms with Crippen LogP contribution in [-0.4, -0.2) is 31.4 Å². The van der Waals surface area contributed by atoms with Crippen LogP contribution in [0.2, 0.25) is 0 Å². The van der Waals surface area contributed by atoms with E-state index in [1.165, 1.54) is 23.1 Å². The van der Waals surface area contributed by atoms with Crippen LogP contribution in [0, 0.1) is 6.92 Å². The van der Waals surface area contributed by atoms with E-state index in [4.69, 9.17) is 4.98 Å². The number of nitrogens with zero attached hydrogens (tertiary/aromatic N) is 3. The highest BCUT2D eigenvalue weighted by molar-refractivity contribution is 8.00. The van der Waals surface area contributed by atoms with Crippen LogP contribution in [0.25, 0.3) is 10.2 Å². The minimum Gasteiger partial charge on any atom is -0.301 e. The summed E-state index contributed by atoms with van der Waals surface area (Å²) in [5.74, 6) is -0.0166. The van der Waals surface area contributed by atoms with Gasteiger partial charge >= 0.3 is 0 Å². The second-order valence-corrected chi connectivity index (χ2v) is 11.4. The normalized spacial score (nSPS) is 15.0. The first-order chi connectivity index (χ1) is 16.0. The van der Waals surface area contributed by atoms with Crippen LogP contribution < -0.4 is 10.9 Å². The van der Waals surface area contributed by atoms with Gasteiger partial charge in [-0.2, -0.15) is 0 Å². The molecule has 168 valence electrons. The molecule has 5 rings (SSSR count). The smallest absolute Gasteiger partial charge is 0.268 e. The number of thioether (sulfide) groups is 2. The van der Waals surface area contributed by atoms with Crippen molar-refractivity contribution in [3.8, 4) is 0 Å². The molecule has 1 N–H and O–H groups in total. The highest BCUT2D eigenvalue weighted by Crippen LogP contribution is 2.34. The first-order valence-electron chi connectivity index (χ1n) is 10.6. The van der Waals surface area contributed by atoms with Crippen molar-refractivity contribution in [3.05, 3.63) is 75.7 Å². The van der Waals surface area contributed by atoms with E-state index in [0.717, 1.165) is 38.4 Å². The van der Waals surface area contributed by atoms with Gasteiger partial charge in [0.25, 0.3) is 5.56 Å². The lowest BCUT2D eigenvalue weighted by Gasteiger charge is -2.13. The van der Waals surface area contributed by atoms with Gasteiger partial charge in [-0.05, 0) is 30.2 Å². The molecule has 33 heavy (non-hydrogen) atoms. The molecular formula is C24H22N4O2S3. The summed E-state index contributed by atoms with van der Waals surface area (Å²) in [6, 6.07) is 15.9. The quantitative estimate of drug-likeness (QED) is 0.301. The summed E-state index contributed by atoms with van der Waals surface area (Å²) in [6.07, 6.45) is 0.770. The molecule has 6 nitrogen and oxygen atoms in total. The zero-order valence-corrected chi connectivity index (χ0v) is 20.6. The van der Waals surface area contributed by atoms with Gasteiger partial charge in [0.1, 0.15) is 0 Å². The molecule has 4 aromatic rings. The van der Waals surface area contributed by atoms with Gasteiger partial charge in [0.15, 0.2) is 10.3 Å². The minimum absolute atomic E-state index is 0.0253. The standard InChI is InChI=1S/C24H22N4O2S3/c1-14-8-9-17-19(10-14)33-23(25-17)27-20(29)13-31-24-26-18-11-15(2)32-21(18)22(30)28(24)12-16-6-4-3-5-7-16/h3-10,15H,11-13H2,1-2H3,(H,25,27,29)/t15-/m0/s1. The number of amides is 1. The number of nitrogens with one attached hydrogen (secondary N) is 1. The van der Waals surface area contributed by atoms with Crippen molar-refractivity contribution >= 4 is 56.1 Å². The van der Waals surface area contributed by atoms with Gasteiger partial charge in [0, 0.05) is 11.7 Å². The Labute approximate surface area is 203 Å². The van der Waals surface area contributed by atoms with Gasteiger partial charge in [0.05, 0.1) is 33.1 Å². The second kappa shape index (κ2) is 9.32. The van der Waals surface area contributed by atoms with Crippen molar-refractivity contribution in [2.24, 2.45) is 0 Å². The topological polar surface area (TPSA) is 76.9 Å². The van der Waals surface area contributed by atoms with E-state index in [1.807, 2.05) is 49.4 Å². The van der Waals surface area contributed by atoms with Crippen molar-refractivity contribution < 1.29 is 4.79 Å². The highest BCUT2D eigenvalue weighted by Gasteiger charge is 2.26. The number of hydrogen-bond acceptors (Lipinski definition) is 7. The van der Waals surface area contributed by atoms with Crippen molar-refractivity contribution in [2.75, 3.05) is 11.1 Å². The summed E-state index contributed by atoms with van der Waals surface area (Å²) < 4.78 is 2.74. The van der Waals surface area contributed by atoms with E-state index in [-0.39, 0.29) is 17.2 Å². The van der Waals surface area contributed by atoms with Gasteiger partial charge in [-0.15, -0.1) is 11.8 Å². The fraction of sp³-hybridized carbons (Fsp3) is 0.250. The maximum atomic E-state index is 13.3. The van der Waals surface area contributed by atoms with Crippen LogP contribution in [0.3, 0.4) is 0 Å². The fourth-order valence-electron chi connectivity index (χ4n) is 3.72. The average Bonchev–Trinajstić information content (AvgIpc) is 3.37. The van der Waals surface area contributed by atoms with Crippen LogP contribution in [0.1, 0.15) is 23.7 Å². The molecular weight excluding hydrogens is 472 g/mol. The Kier molecular flexibility index (Phi) is 6.27. The largest absolute Gasteiger partial charge is 0.301 e. The molecule has 2 aromatic heterocycles. The SMILES string of the molecule is Cc1ccc2nc(NC(=O)CSc3nc4c(c(=O)n3Cc3ccccc3)S[C@@H](C)C4)sc2c1. The summed E-state index contributed by atoms with van der Waals surface area (Å²) >= 11 is 4.34. The van der Waals surface area contributed by atoms with Crippen molar-refractivity contribution in [2.45, 2.75) is 42.1 Å². The number of aromatic nitrogens is 3. The molecule has 0 fully saturated rings. The number of rotatable bonds is 6. The molecule has 3 heterocycles. The maximum Gasteiger partial charge on any atom is 0.268 e. The first kappa shape index (κ1) is 22.2. The van der Waals surface area contributed by atoms with Crippen LogP contribution in [-0.2, 0) is 17.8 Å². The second-order valence-electron chi connectivity index (χ2n) is 8.01. The molecule has 1 atom stereocenters. The molecule has 0 aliphatic carbocycles. The molecule has 9 heteroatoms. The zero-order chi connectivity index (χ0) is 22.9. The summed E-state index contributed by atoms with van der Waals surface area (Å²) in [4.78, 5) is 36.0. The third kappa shape index (κ3) is 4.85. The Morgan fingerprint density at radius 2 is 2.03 bits per heavy atom. The Morgan fingerprint density at radius 3 is 2.85 bits per heavy atom. The summed E-state index contributed by atoms with van der Waals surface area (Å²) in [5, 5.41) is 4.38. The monoisotopic (exact) mass is 494 g/mol. The number of benzene rings is 2. The molecule has 0 saturated heterocycles. The van der Waals surface area contributed by atoms with Crippen molar-refractivity contribution in [1.82, 2.24) is 14.5 Å². The average molecular weight is 495 g/mol. The predicted octanol–water partition coefficient (Wildman–Crippen LogP) is 4.98. The fourth-order valence-corrected chi connectivity index (χ4v) is 6.63.